The van der Waals surface area contributed by atoms with Crippen LogP contribution in [0.3, 0.4) is 0 Å². The van der Waals surface area contributed by atoms with Gasteiger partial charge in [-0.25, -0.2) is 4.98 Å². The van der Waals surface area contributed by atoms with E-state index in [1.807, 2.05) is 11.7 Å². The first-order valence-electron chi connectivity index (χ1n) is 4.59. The lowest BCUT2D eigenvalue weighted by Crippen LogP contribution is -1.81. The van der Waals surface area contributed by atoms with Crippen LogP contribution in [0.25, 0.3) is 15.5 Å². The second-order valence-electron chi connectivity index (χ2n) is 3.39. The van der Waals surface area contributed by atoms with Gasteiger partial charge in [0.1, 0.15) is 5.69 Å². The summed E-state index contributed by atoms with van der Waals surface area (Å²) >= 11 is 3.36. The quantitative estimate of drug-likeness (QED) is 0.648. The van der Waals surface area contributed by atoms with Crippen LogP contribution in [0.1, 0.15) is 10.6 Å². The van der Waals surface area contributed by atoms with Crippen molar-refractivity contribution in [3.63, 3.8) is 0 Å². The van der Waals surface area contributed by atoms with E-state index in [1.165, 1.54) is 10.6 Å². The lowest BCUT2D eigenvalue weighted by atomic mass is 10.4. The number of rotatable bonds is 1. The summed E-state index contributed by atoms with van der Waals surface area (Å²) in [4.78, 5) is 12.2. The highest BCUT2D eigenvalue weighted by Gasteiger charge is 2.10. The van der Waals surface area contributed by atoms with Crippen molar-refractivity contribution >= 4 is 27.6 Å². The molecule has 0 unspecified atom stereocenters. The molecular formula is C10H9N3S2. The molecule has 3 aromatic rings. The first-order chi connectivity index (χ1) is 7.25. The third-order valence-electron chi connectivity index (χ3n) is 2.47. The van der Waals surface area contributed by atoms with Crippen molar-refractivity contribution in [1.29, 1.82) is 0 Å². The van der Waals surface area contributed by atoms with Crippen molar-refractivity contribution in [2.24, 2.45) is 0 Å². The SMILES string of the molecule is Cc1sc2nc(-c3cncs3)cn2c1C. The molecule has 0 saturated carbocycles. The molecule has 0 saturated heterocycles. The van der Waals surface area contributed by atoms with E-state index in [0.29, 0.717) is 0 Å². The molecule has 0 amide bonds. The molecule has 0 aromatic carbocycles. The van der Waals surface area contributed by atoms with Gasteiger partial charge < -0.3 is 0 Å². The van der Waals surface area contributed by atoms with Gasteiger partial charge >= 0.3 is 0 Å². The molecule has 3 nitrogen and oxygen atoms in total. The van der Waals surface area contributed by atoms with E-state index in [1.54, 1.807) is 22.7 Å². The fraction of sp³-hybridized carbons (Fsp3) is 0.200. The van der Waals surface area contributed by atoms with E-state index < -0.39 is 0 Å². The van der Waals surface area contributed by atoms with Crippen LogP contribution in [0.5, 0.6) is 0 Å². The lowest BCUT2D eigenvalue weighted by molar-refractivity contribution is 1.11. The van der Waals surface area contributed by atoms with Gasteiger partial charge in [0, 0.05) is 23.0 Å². The molecule has 0 N–H and O–H groups in total. The maximum Gasteiger partial charge on any atom is 0.194 e. The van der Waals surface area contributed by atoms with Crippen LogP contribution < -0.4 is 0 Å². The zero-order chi connectivity index (χ0) is 10.4. The topological polar surface area (TPSA) is 30.2 Å². The summed E-state index contributed by atoms with van der Waals surface area (Å²) in [5, 5.41) is 0. The fourth-order valence-corrected chi connectivity index (χ4v) is 3.04. The Morgan fingerprint density at radius 1 is 1.33 bits per heavy atom. The minimum Gasteiger partial charge on any atom is -0.294 e. The van der Waals surface area contributed by atoms with Crippen molar-refractivity contribution < 1.29 is 0 Å². The Morgan fingerprint density at radius 2 is 2.20 bits per heavy atom. The third kappa shape index (κ3) is 1.31. The lowest BCUT2D eigenvalue weighted by Gasteiger charge is -1.89. The van der Waals surface area contributed by atoms with Gasteiger partial charge in [0.05, 0.1) is 10.4 Å². The number of nitrogens with zero attached hydrogens (tertiary/aromatic N) is 3. The molecule has 0 radical (unpaired) electrons. The number of fused-ring (bicyclic) bond motifs is 1. The van der Waals surface area contributed by atoms with Gasteiger partial charge in [0.25, 0.3) is 0 Å². The standard InChI is InChI=1S/C10H9N3S2/c1-6-7(2)15-10-12-8(4-13(6)10)9-3-11-5-14-9/h3-5H,1-2H3. The Labute approximate surface area is 95.1 Å². The number of thiazole rings is 2. The van der Waals surface area contributed by atoms with Crippen molar-refractivity contribution in [3.05, 3.63) is 28.5 Å². The zero-order valence-electron chi connectivity index (χ0n) is 8.39. The number of hydrogen-bond acceptors (Lipinski definition) is 4. The Kier molecular flexibility index (Phi) is 1.90. The van der Waals surface area contributed by atoms with Gasteiger partial charge in [-0.2, -0.15) is 0 Å². The Bertz CT molecular complexity index is 604. The number of aryl methyl sites for hydroxylation is 2. The van der Waals surface area contributed by atoms with Crippen molar-refractivity contribution in [2.75, 3.05) is 0 Å². The molecule has 0 fully saturated rings. The van der Waals surface area contributed by atoms with E-state index in [9.17, 15) is 0 Å². The molecule has 5 heteroatoms. The summed E-state index contributed by atoms with van der Waals surface area (Å²) in [6.45, 7) is 4.25. The van der Waals surface area contributed by atoms with Gasteiger partial charge in [0.15, 0.2) is 4.96 Å². The second kappa shape index (κ2) is 3.15. The molecule has 0 atom stereocenters. The Balaban J connectivity index is 2.24. The van der Waals surface area contributed by atoms with Crippen LogP contribution in [-0.2, 0) is 0 Å². The molecule has 0 bridgehead atoms. The summed E-state index contributed by atoms with van der Waals surface area (Å²) in [6, 6.07) is 0. The maximum absolute atomic E-state index is 4.59. The van der Waals surface area contributed by atoms with Crippen molar-refractivity contribution in [1.82, 2.24) is 14.4 Å². The zero-order valence-corrected chi connectivity index (χ0v) is 10.0. The summed E-state index contributed by atoms with van der Waals surface area (Å²) in [5.41, 5.74) is 4.13. The van der Waals surface area contributed by atoms with E-state index in [0.717, 1.165) is 15.5 Å². The summed E-state index contributed by atoms with van der Waals surface area (Å²) in [6.07, 6.45) is 3.95. The maximum atomic E-state index is 4.59. The average Bonchev–Trinajstić information content (AvgIpc) is 2.86. The van der Waals surface area contributed by atoms with Crippen LogP contribution in [0.2, 0.25) is 0 Å². The molecule has 0 aliphatic heterocycles. The smallest absolute Gasteiger partial charge is 0.194 e. The van der Waals surface area contributed by atoms with E-state index in [4.69, 9.17) is 0 Å². The predicted octanol–water partition coefficient (Wildman–Crippen LogP) is 3.14. The molecule has 15 heavy (non-hydrogen) atoms. The number of hydrogen-bond donors (Lipinski definition) is 0. The summed E-state index contributed by atoms with van der Waals surface area (Å²) in [7, 11) is 0. The summed E-state index contributed by atoms with van der Waals surface area (Å²) in [5.74, 6) is 0. The van der Waals surface area contributed by atoms with Crippen LogP contribution in [-0.4, -0.2) is 14.4 Å². The largest absolute Gasteiger partial charge is 0.294 e. The first-order valence-corrected chi connectivity index (χ1v) is 6.29. The highest BCUT2D eigenvalue weighted by molar-refractivity contribution is 7.17. The monoisotopic (exact) mass is 235 g/mol. The van der Waals surface area contributed by atoms with Gasteiger partial charge in [-0.15, -0.1) is 22.7 Å². The van der Waals surface area contributed by atoms with Crippen LogP contribution in [0.15, 0.2) is 17.9 Å². The van der Waals surface area contributed by atoms with Gasteiger partial charge in [0.2, 0.25) is 0 Å². The van der Waals surface area contributed by atoms with E-state index in [2.05, 4.69) is 34.4 Å². The highest BCUT2D eigenvalue weighted by Crippen LogP contribution is 2.27. The van der Waals surface area contributed by atoms with Crippen molar-refractivity contribution in [2.45, 2.75) is 13.8 Å². The number of imidazole rings is 1. The molecule has 76 valence electrons. The Hall–Kier alpha value is -1.20. The molecule has 0 aliphatic carbocycles. The van der Waals surface area contributed by atoms with Crippen LogP contribution >= 0.6 is 22.7 Å². The normalized spacial score (nSPS) is 11.3. The average molecular weight is 235 g/mol. The molecule has 0 aliphatic rings. The number of aromatic nitrogens is 3. The molecule has 3 aromatic heterocycles. The highest BCUT2D eigenvalue weighted by atomic mass is 32.1. The third-order valence-corrected chi connectivity index (χ3v) is 4.34. The minimum absolute atomic E-state index is 1.02. The Morgan fingerprint density at radius 3 is 2.87 bits per heavy atom. The predicted molar refractivity (Wildman–Crippen MR) is 63.7 cm³/mol. The van der Waals surface area contributed by atoms with Crippen LogP contribution in [0.4, 0.5) is 0 Å². The molecular weight excluding hydrogens is 226 g/mol. The van der Waals surface area contributed by atoms with Gasteiger partial charge in [-0.3, -0.25) is 9.38 Å². The summed E-state index contributed by atoms with van der Waals surface area (Å²) < 4.78 is 2.15. The van der Waals surface area contributed by atoms with Crippen LogP contribution in [0, 0.1) is 13.8 Å². The molecule has 0 spiro atoms. The van der Waals surface area contributed by atoms with Gasteiger partial charge in [-0.1, -0.05) is 0 Å². The van der Waals surface area contributed by atoms with Gasteiger partial charge in [-0.05, 0) is 13.8 Å². The minimum atomic E-state index is 1.02. The van der Waals surface area contributed by atoms with E-state index >= 15 is 0 Å². The molecule has 3 rings (SSSR count). The fourth-order valence-electron chi connectivity index (χ4n) is 1.52. The van der Waals surface area contributed by atoms with Crippen molar-refractivity contribution in [3.8, 4) is 10.6 Å². The molecule has 3 heterocycles. The second-order valence-corrected chi connectivity index (χ2v) is 5.46. The first kappa shape index (κ1) is 9.06. The van der Waals surface area contributed by atoms with E-state index in [-0.39, 0.29) is 0 Å².